The molecule has 1 aliphatic rings. The number of phenols is 1. The van der Waals surface area contributed by atoms with Gasteiger partial charge in [-0.3, -0.25) is 9.59 Å². The summed E-state index contributed by atoms with van der Waals surface area (Å²) in [4.78, 5) is 39.0. The maximum absolute atomic E-state index is 11.8. The van der Waals surface area contributed by atoms with E-state index in [1.54, 1.807) is 0 Å². The summed E-state index contributed by atoms with van der Waals surface area (Å²) in [6.07, 6.45) is -1.79. The number of carbonyl (C=O) groups excluding carboxylic acids is 3. The Balaban J connectivity index is 2.12. The van der Waals surface area contributed by atoms with Gasteiger partial charge in [-0.2, -0.15) is 0 Å². The molecule has 1 fully saturated rings. The maximum Gasteiger partial charge on any atom is 0.365 e. The lowest BCUT2D eigenvalue weighted by Crippen LogP contribution is -2.34. The molecule has 1 atom stereocenters. The molecule has 2 amide bonds. The number of nitrogens with zero attached hydrogens (tertiary/aromatic N) is 1. The van der Waals surface area contributed by atoms with E-state index in [0.717, 1.165) is 0 Å². The zero-order valence-corrected chi connectivity index (χ0v) is 11.1. The van der Waals surface area contributed by atoms with Gasteiger partial charge in [-0.1, -0.05) is 6.07 Å². The molecule has 1 heterocycles. The number of phenolic OH excluding ortho intramolecular Hbond substituents is 1. The van der Waals surface area contributed by atoms with E-state index in [1.807, 2.05) is 0 Å². The van der Waals surface area contributed by atoms with Crippen LogP contribution in [0.5, 0.6) is 11.5 Å². The van der Waals surface area contributed by atoms with Crippen LogP contribution >= 0.6 is 0 Å². The Hall–Kier alpha value is -2.61. The standard InChI is InChI=1S/C13H13NO7/c1-20-9-6-7(2-3-8(9)15)12(18)13(19)21-14-10(16)4-5-11(14)17/h2-3,6,12,15,18H,4-5H2,1H3. The smallest absolute Gasteiger partial charge is 0.365 e. The minimum absolute atomic E-state index is 0.0325. The molecule has 8 nitrogen and oxygen atoms in total. The first-order valence-corrected chi connectivity index (χ1v) is 6.06. The molecule has 2 rings (SSSR count). The number of aliphatic hydroxyl groups is 1. The molecule has 1 unspecified atom stereocenters. The highest BCUT2D eigenvalue weighted by atomic mass is 16.7. The quantitative estimate of drug-likeness (QED) is 0.754. The van der Waals surface area contributed by atoms with Crippen molar-refractivity contribution in [3.05, 3.63) is 23.8 Å². The molecule has 0 aliphatic carbocycles. The molecule has 21 heavy (non-hydrogen) atoms. The first-order chi connectivity index (χ1) is 9.93. The highest BCUT2D eigenvalue weighted by Crippen LogP contribution is 2.29. The Morgan fingerprint density at radius 2 is 1.90 bits per heavy atom. The van der Waals surface area contributed by atoms with Gasteiger partial charge in [-0.25, -0.2) is 4.79 Å². The number of benzene rings is 1. The van der Waals surface area contributed by atoms with Crippen molar-refractivity contribution in [2.75, 3.05) is 7.11 Å². The van der Waals surface area contributed by atoms with Crippen molar-refractivity contribution in [1.29, 1.82) is 0 Å². The van der Waals surface area contributed by atoms with Crippen LogP contribution < -0.4 is 4.74 Å². The minimum atomic E-state index is -1.72. The monoisotopic (exact) mass is 295 g/mol. The Kier molecular flexibility index (Phi) is 4.08. The number of ether oxygens (including phenoxy) is 1. The minimum Gasteiger partial charge on any atom is -0.504 e. The highest BCUT2D eigenvalue weighted by molar-refractivity contribution is 6.01. The molecule has 0 radical (unpaired) electrons. The fourth-order valence-corrected chi connectivity index (χ4v) is 1.80. The van der Waals surface area contributed by atoms with Crippen LogP contribution in [0, 0.1) is 0 Å². The van der Waals surface area contributed by atoms with Gasteiger partial charge in [0.1, 0.15) is 0 Å². The molecule has 0 bridgehead atoms. The molecule has 0 spiro atoms. The first-order valence-electron chi connectivity index (χ1n) is 6.06. The third-order valence-electron chi connectivity index (χ3n) is 2.93. The van der Waals surface area contributed by atoms with Gasteiger partial charge in [-0.15, -0.1) is 5.06 Å². The Morgan fingerprint density at radius 1 is 1.29 bits per heavy atom. The van der Waals surface area contributed by atoms with Gasteiger partial charge < -0.3 is 19.8 Å². The van der Waals surface area contributed by atoms with Gasteiger partial charge in [-0.05, 0) is 17.7 Å². The summed E-state index contributed by atoms with van der Waals surface area (Å²) in [6.45, 7) is 0. The second kappa shape index (κ2) is 5.80. The van der Waals surface area contributed by atoms with E-state index >= 15 is 0 Å². The number of aliphatic hydroxyl groups excluding tert-OH is 1. The van der Waals surface area contributed by atoms with E-state index in [4.69, 9.17) is 4.74 Å². The second-order valence-electron chi connectivity index (χ2n) is 4.33. The molecular formula is C13H13NO7. The van der Waals surface area contributed by atoms with E-state index in [1.165, 1.54) is 25.3 Å². The van der Waals surface area contributed by atoms with Crippen molar-refractivity contribution in [2.24, 2.45) is 0 Å². The average Bonchev–Trinajstić information content (AvgIpc) is 2.78. The summed E-state index contributed by atoms with van der Waals surface area (Å²) in [5.74, 6) is -2.54. The number of aromatic hydroxyl groups is 1. The molecule has 0 saturated carbocycles. The Morgan fingerprint density at radius 3 is 2.48 bits per heavy atom. The lowest BCUT2D eigenvalue weighted by molar-refractivity contribution is -0.203. The number of imide groups is 1. The molecule has 1 aromatic rings. The summed E-state index contributed by atoms with van der Waals surface area (Å²) < 4.78 is 4.85. The zero-order valence-electron chi connectivity index (χ0n) is 11.1. The zero-order chi connectivity index (χ0) is 15.6. The van der Waals surface area contributed by atoms with Crippen LogP contribution in [0.4, 0.5) is 0 Å². The van der Waals surface area contributed by atoms with E-state index in [0.29, 0.717) is 5.06 Å². The van der Waals surface area contributed by atoms with Crippen LogP contribution in [-0.2, 0) is 19.2 Å². The van der Waals surface area contributed by atoms with Crippen molar-refractivity contribution < 1.29 is 34.2 Å². The van der Waals surface area contributed by atoms with E-state index < -0.39 is 23.9 Å². The van der Waals surface area contributed by atoms with Gasteiger partial charge in [0.2, 0.25) is 0 Å². The van der Waals surface area contributed by atoms with Crippen LogP contribution in [0.25, 0.3) is 0 Å². The molecule has 0 aromatic heterocycles. The largest absolute Gasteiger partial charge is 0.504 e. The van der Waals surface area contributed by atoms with E-state index in [2.05, 4.69) is 4.84 Å². The predicted octanol–water partition coefficient (Wildman–Crippen LogP) is 0.0414. The maximum atomic E-state index is 11.8. The number of amides is 2. The lowest BCUT2D eigenvalue weighted by atomic mass is 10.1. The fourth-order valence-electron chi connectivity index (χ4n) is 1.80. The van der Waals surface area contributed by atoms with Crippen LogP contribution in [0.2, 0.25) is 0 Å². The molecule has 1 aromatic carbocycles. The number of carbonyl (C=O) groups is 3. The number of methoxy groups -OCH3 is 1. The molecular weight excluding hydrogens is 282 g/mol. The number of hydrogen-bond donors (Lipinski definition) is 2. The fraction of sp³-hybridized carbons (Fsp3) is 0.308. The van der Waals surface area contributed by atoms with Gasteiger partial charge >= 0.3 is 5.97 Å². The van der Waals surface area contributed by atoms with Crippen LogP contribution in [0.15, 0.2) is 18.2 Å². The van der Waals surface area contributed by atoms with E-state index in [9.17, 15) is 24.6 Å². The van der Waals surface area contributed by atoms with Gasteiger partial charge in [0.25, 0.3) is 11.8 Å². The summed E-state index contributed by atoms with van der Waals surface area (Å²) >= 11 is 0. The summed E-state index contributed by atoms with van der Waals surface area (Å²) in [5, 5.41) is 19.7. The third-order valence-corrected chi connectivity index (χ3v) is 2.93. The molecule has 2 N–H and O–H groups in total. The van der Waals surface area contributed by atoms with Gasteiger partial charge in [0.15, 0.2) is 17.6 Å². The van der Waals surface area contributed by atoms with Crippen molar-refractivity contribution in [3.63, 3.8) is 0 Å². The average molecular weight is 295 g/mol. The van der Waals surface area contributed by atoms with Crippen molar-refractivity contribution in [1.82, 2.24) is 5.06 Å². The molecule has 1 aliphatic heterocycles. The van der Waals surface area contributed by atoms with Crippen LogP contribution in [0.1, 0.15) is 24.5 Å². The van der Waals surface area contributed by atoms with Crippen molar-refractivity contribution >= 4 is 17.8 Å². The summed E-state index contributed by atoms with van der Waals surface area (Å²) in [5.41, 5.74) is 0.0914. The van der Waals surface area contributed by atoms with Crippen molar-refractivity contribution in [2.45, 2.75) is 18.9 Å². The summed E-state index contributed by atoms with van der Waals surface area (Å²) in [6, 6.07) is 3.77. The predicted molar refractivity (Wildman–Crippen MR) is 66.8 cm³/mol. The SMILES string of the molecule is COc1cc(C(O)C(=O)ON2C(=O)CCC2=O)ccc1O. The first kappa shape index (κ1) is 14.8. The normalized spacial score (nSPS) is 16.0. The Labute approximate surface area is 119 Å². The molecule has 1 saturated heterocycles. The topological polar surface area (TPSA) is 113 Å². The molecule has 8 heteroatoms. The van der Waals surface area contributed by atoms with Crippen molar-refractivity contribution in [3.8, 4) is 11.5 Å². The third kappa shape index (κ3) is 2.95. The number of hydrogen-bond acceptors (Lipinski definition) is 7. The second-order valence-corrected chi connectivity index (χ2v) is 4.33. The lowest BCUT2D eigenvalue weighted by Gasteiger charge is -2.16. The van der Waals surface area contributed by atoms with Crippen LogP contribution in [-0.4, -0.2) is 40.2 Å². The number of hydroxylamine groups is 2. The van der Waals surface area contributed by atoms with Crippen LogP contribution in [0.3, 0.4) is 0 Å². The van der Waals surface area contributed by atoms with Gasteiger partial charge in [0.05, 0.1) is 7.11 Å². The number of rotatable bonds is 4. The van der Waals surface area contributed by atoms with E-state index in [-0.39, 0.29) is 29.9 Å². The Bertz CT molecular complexity index is 582. The summed E-state index contributed by atoms with van der Waals surface area (Å²) in [7, 11) is 1.31. The van der Waals surface area contributed by atoms with Gasteiger partial charge in [0, 0.05) is 12.8 Å². The highest BCUT2D eigenvalue weighted by Gasteiger charge is 2.34. The molecule has 112 valence electrons.